The molecule has 2 heteroatoms. The maximum Gasteiger partial charge on any atom is 0.0407 e. The zero-order valence-electron chi connectivity index (χ0n) is 12.5. The first-order chi connectivity index (χ1) is 8.38. The Hall–Kier alpha value is -1.02. The van der Waals surface area contributed by atoms with Crippen LogP contribution in [-0.4, -0.2) is 38.1 Å². The summed E-state index contributed by atoms with van der Waals surface area (Å²) in [6.45, 7) is 13.7. The molecule has 0 N–H and O–H groups in total. The van der Waals surface area contributed by atoms with Crippen LogP contribution in [0.2, 0.25) is 0 Å². The lowest BCUT2D eigenvalue weighted by atomic mass is 9.84. The van der Waals surface area contributed by atoms with Crippen molar-refractivity contribution in [3.05, 3.63) is 29.3 Å². The number of piperazine rings is 1. The predicted molar refractivity (Wildman–Crippen MR) is 79.6 cm³/mol. The van der Waals surface area contributed by atoms with E-state index in [0.717, 1.165) is 26.2 Å². The Balaban J connectivity index is 2.33. The third kappa shape index (κ3) is 2.86. The van der Waals surface area contributed by atoms with Crippen molar-refractivity contribution in [2.24, 2.45) is 0 Å². The van der Waals surface area contributed by atoms with E-state index in [1.807, 2.05) is 0 Å². The van der Waals surface area contributed by atoms with E-state index in [1.165, 1.54) is 16.8 Å². The number of rotatable bonds is 1. The third-order valence-corrected chi connectivity index (χ3v) is 3.81. The van der Waals surface area contributed by atoms with Gasteiger partial charge in [-0.05, 0) is 36.6 Å². The molecule has 1 aliphatic heterocycles. The molecule has 1 heterocycles. The van der Waals surface area contributed by atoms with Gasteiger partial charge in [-0.25, -0.2) is 0 Å². The van der Waals surface area contributed by atoms with Crippen LogP contribution in [0.5, 0.6) is 0 Å². The second-order valence-electron chi connectivity index (χ2n) is 6.56. The molecular weight excluding hydrogens is 220 g/mol. The van der Waals surface area contributed by atoms with Gasteiger partial charge < -0.3 is 9.80 Å². The highest BCUT2D eigenvalue weighted by atomic mass is 15.2. The van der Waals surface area contributed by atoms with E-state index in [1.54, 1.807) is 0 Å². The molecule has 1 aliphatic rings. The molecule has 1 saturated heterocycles. The van der Waals surface area contributed by atoms with Gasteiger partial charge in [-0.3, -0.25) is 0 Å². The second-order valence-corrected chi connectivity index (χ2v) is 6.56. The summed E-state index contributed by atoms with van der Waals surface area (Å²) in [6, 6.07) is 6.90. The van der Waals surface area contributed by atoms with Crippen LogP contribution in [0.3, 0.4) is 0 Å². The Morgan fingerprint density at radius 2 is 1.61 bits per heavy atom. The highest BCUT2D eigenvalue weighted by molar-refractivity contribution is 5.58. The number of benzene rings is 1. The van der Waals surface area contributed by atoms with Gasteiger partial charge >= 0.3 is 0 Å². The maximum atomic E-state index is 2.55. The van der Waals surface area contributed by atoms with E-state index in [9.17, 15) is 0 Å². The molecule has 100 valence electrons. The Kier molecular flexibility index (Phi) is 3.67. The van der Waals surface area contributed by atoms with E-state index >= 15 is 0 Å². The van der Waals surface area contributed by atoms with Crippen LogP contribution in [0.1, 0.15) is 31.9 Å². The standard InChI is InChI=1S/C16H26N2/c1-13-6-7-14(16(2,3)4)15(12-13)18-10-8-17(5)9-11-18/h6-7,12H,8-11H2,1-5H3. The van der Waals surface area contributed by atoms with E-state index in [4.69, 9.17) is 0 Å². The van der Waals surface area contributed by atoms with Crippen molar-refractivity contribution >= 4 is 5.69 Å². The van der Waals surface area contributed by atoms with Gasteiger partial charge in [-0.15, -0.1) is 0 Å². The van der Waals surface area contributed by atoms with Crippen molar-refractivity contribution in [1.82, 2.24) is 4.90 Å². The largest absolute Gasteiger partial charge is 0.369 e. The van der Waals surface area contributed by atoms with Crippen LogP contribution in [0.4, 0.5) is 5.69 Å². The molecule has 0 amide bonds. The number of likely N-dealkylation sites (N-methyl/N-ethyl adjacent to an activating group) is 1. The van der Waals surface area contributed by atoms with Crippen molar-refractivity contribution in [3.63, 3.8) is 0 Å². The summed E-state index contributed by atoms with van der Waals surface area (Å²) < 4.78 is 0. The van der Waals surface area contributed by atoms with Gasteiger partial charge in [-0.1, -0.05) is 32.9 Å². The summed E-state index contributed by atoms with van der Waals surface area (Å²) in [5.41, 5.74) is 4.48. The van der Waals surface area contributed by atoms with Crippen LogP contribution in [0.15, 0.2) is 18.2 Å². The summed E-state index contributed by atoms with van der Waals surface area (Å²) in [7, 11) is 2.21. The molecule has 2 rings (SSSR count). The monoisotopic (exact) mass is 246 g/mol. The van der Waals surface area contributed by atoms with Crippen LogP contribution in [-0.2, 0) is 5.41 Å². The fourth-order valence-electron chi connectivity index (χ4n) is 2.58. The smallest absolute Gasteiger partial charge is 0.0407 e. The SMILES string of the molecule is Cc1ccc(C(C)(C)C)c(N2CCN(C)CC2)c1. The summed E-state index contributed by atoms with van der Waals surface area (Å²) in [6.07, 6.45) is 0. The lowest BCUT2D eigenvalue weighted by molar-refractivity contribution is 0.312. The van der Waals surface area contributed by atoms with Crippen molar-refractivity contribution < 1.29 is 0 Å². The van der Waals surface area contributed by atoms with Crippen LogP contribution in [0.25, 0.3) is 0 Å². The van der Waals surface area contributed by atoms with Gasteiger partial charge in [0.2, 0.25) is 0 Å². The molecule has 0 aliphatic carbocycles. The molecule has 18 heavy (non-hydrogen) atoms. The summed E-state index contributed by atoms with van der Waals surface area (Å²) in [4.78, 5) is 4.96. The fourth-order valence-corrected chi connectivity index (χ4v) is 2.58. The highest BCUT2D eigenvalue weighted by Crippen LogP contribution is 2.33. The molecule has 0 saturated carbocycles. The molecule has 1 aromatic carbocycles. The molecule has 2 nitrogen and oxygen atoms in total. The summed E-state index contributed by atoms with van der Waals surface area (Å²) >= 11 is 0. The quantitative estimate of drug-likeness (QED) is 0.751. The average Bonchev–Trinajstić information content (AvgIpc) is 2.28. The van der Waals surface area contributed by atoms with Crippen LogP contribution < -0.4 is 4.90 Å². The lowest BCUT2D eigenvalue weighted by Crippen LogP contribution is -2.45. The van der Waals surface area contributed by atoms with Crippen molar-refractivity contribution in [1.29, 1.82) is 0 Å². The first-order valence-corrected chi connectivity index (χ1v) is 6.92. The topological polar surface area (TPSA) is 6.48 Å². The van der Waals surface area contributed by atoms with E-state index in [-0.39, 0.29) is 5.41 Å². The fraction of sp³-hybridized carbons (Fsp3) is 0.625. The molecule has 1 aromatic rings. The maximum absolute atomic E-state index is 2.55. The zero-order valence-corrected chi connectivity index (χ0v) is 12.5. The lowest BCUT2D eigenvalue weighted by Gasteiger charge is -2.37. The molecule has 0 aromatic heterocycles. The Morgan fingerprint density at radius 3 is 2.17 bits per heavy atom. The van der Waals surface area contributed by atoms with Crippen molar-refractivity contribution in [2.75, 3.05) is 38.1 Å². The predicted octanol–water partition coefficient (Wildman–Crippen LogP) is 3.04. The number of anilines is 1. The van der Waals surface area contributed by atoms with Crippen molar-refractivity contribution in [2.45, 2.75) is 33.1 Å². The van der Waals surface area contributed by atoms with Gasteiger partial charge in [0, 0.05) is 31.9 Å². The van der Waals surface area contributed by atoms with E-state index < -0.39 is 0 Å². The number of nitrogens with zero attached hydrogens (tertiary/aromatic N) is 2. The number of hydrogen-bond donors (Lipinski definition) is 0. The molecule has 0 unspecified atom stereocenters. The van der Waals surface area contributed by atoms with E-state index in [0.29, 0.717) is 0 Å². The molecule has 0 bridgehead atoms. The number of aryl methyl sites for hydroxylation is 1. The zero-order chi connectivity index (χ0) is 13.3. The van der Waals surface area contributed by atoms with E-state index in [2.05, 4.69) is 62.7 Å². The molecule has 0 atom stereocenters. The molecule has 0 spiro atoms. The highest BCUT2D eigenvalue weighted by Gasteiger charge is 2.23. The van der Waals surface area contributed by atoms with Crippen LogP contribution in [0, 0.1) is 6.92 Å². The van der Waals surface area contributed by atoms with Gasteiger partial charge in [0.15, 0.2) is 0 Å². The minimum Gasteiger partial charge on any atom is -0.369 e. The van der Waals surface area contributed by atoms with Crippen molar-refractivity contribution in [3.8, 4) is 0 Å². The minimum absolute atomic E-state index is 0.215. The summed E-state index contributed by atoms with van der Waals surface area (Å²) in [5, 5.41) is 0. The van der Waals surface area contributed by atoms with Gasteiger partial charge in [0.1, 0.15) is 0 Å². The van der Waals surface area contributed by atoms with Gasteiger partial charge in [0.25, 0.3) is 0 Å². The number of hydrogen-bond acceptors (Lipinski definition) is 2. The molecule has 0 radical (unpaired) electrons. The van der Waals surface area contributed by atoms with Crippen LogP contribution >= 0.6 is 0 Å². The minimum atomic E-state index is 0.215. The normalized spacial score (nSPS) is 18.2. The first kappa shape index (κ1) is 13.4. The second kappa shape index (κ2) is 4.93. The Bertz CT molecular complexity index is 410. The third-order valence-electron chi connectivity index (χ3n) is 3.81. The van der Waals surface area contributed by atoms with Gasteiger partial charge in [-0.2, -0.15) is 0 Å². The summed E-state index contributed by atoms with van der Waals surface area (Å²) in [5.74, 6) is 0. The average molecular weight is 246 g/mol. The molecule has 1 fully saturated rings. The Labute approximate surface area is 112 Å². The molecular formula is C16H26N2. The van der Waals surface area contributed by atoms with Gasteiger partial charge in [0.05, 0.1) is 0 Å². The first-order valence-electron chi connectivity index (χ1n) is 6.92. The Morgan fingerprint density at radius 1 is 1.00 bits per heavy atom.